The van der Waals surface area contributed by atoms with Crippen molar-refractivity contribution in [3.05, 3.63) is 60.0 Å². The smallest absolute Gasteiger partial charge is 0.357 e. The van der Waals surface area contributed by atoms with Crippen molar-refractivity contribution in [3.63, 3.8) is 0 Å². The largest absolute Gasteiger partial charge is 0.433 e. The molecule has 0 aliphatic carbocycles. The average Bonchev–Trinajstić information content (AvgIpc) is 2.67. The van der Waals surface area contributed by atoms with Crippen LogP contribution in [-0.4, -0.2) is 28.0 Å². The van der Waals surface area contributed by atoms with Crippen molar-refractivity contribution in [2.24, 2.45) is 0 Å². The van der Waals surface area contributed by atoms with Crippen molar-refractivity contribution in [2.45, 2.75) is 24.9 Å². The van der Waals surface area contributed by atoms with E-state index in [0.717, 1.165) is 35.6 Å². The Balaban J connectivity index is 1.48. The Morgan fingerprint density at radius 1 is 0.923 bits per heavy atom. The summed E-state index contributed by atoms with van der Waals surface area (Å²) < 4.78 is 38.6. The Morgan fingerprint density at radius 2 is 1.73 bits per heavy atom. The quantitative estimate of drug-likeness (QED) is 0.680. The molecular weight excluding hydrogens is 341 g/mol. The van der Waals surface area contributed by atoms with Gasteiger partial charge in [0.05, 0.1) is 0 Å². The Hall–Kier alpha value is -2.70. The van der Waals surface area contributed by atoms with E-state index in [2.05, 4.69) is 15.0 Å². The molecule has 1 saturated heterocycles. The van der Waals surface area contributed by atoms with Crippen LogP contribution in [0, 0.1) is 0 Å². The zero-order chi connectivity index (χ0) is 18.1. The third-order valence-corrected chi connectivity index (χ3v) is 4.75. The number of pyridine rings is 3. The van der Waals surface area contributed by atoms with Crippen LogP contribution in [0.1, 0.15) is 30.1 Å². The van der Waals surface area contributed by atoms with Gasteiger partial charge in [-0.3, -0.25) is 0 Å². The first-order valence-corrected chi connectivity index (χ1v) is 8.51. The Kier molecular flexibility index (Phi) is 4.22. The first kappa shape index (κ1) is 16.8. The molecule has 1 fully saturated rings. The maximum Gasteiger partial charge on any atom is 0.433 e. The molecule has 0 unspecified atom stereocenters. The van der Waals surface area contributed by atoms with Gasteiger partial charge in [-0.05, 0) is 49.2 Å². The summed E-state index contributed by atoms with van der Waals surface area (Å²) in [6.45, 7) is 1.31. The van der Waals surface area contributed by atoms with Crippen LogP contribution in [0.15, 0.2) is 48.7 Å². The second kappa shape index (κ2) is 6.55. The molecule has 7 heteroatoms. The van der Waals surface area contributed by atoms with Crippen LogP contribution in [0.5, 0.6) is 0 Å². The van der Waals surface area contributed by atoms with E-state index in [1.54, 1.807) is 12.3 Å². The van der Waals surface area contributed by atoms with Crippen LogP contribution >= 0.6 is 0 Å². The van der Waals surface area contributed by atoms with Gasteiger partial charge in [-0.2, -0.15) is 13.2 Å². The van der Waals surface area contributed by atoms with E-state index < -0.39 is 11.9 Å². The molecule has 0 spiro atoms. The van der Waals surface area contributed by atoms with Gasteiger partial charge in [-0.15, -0.1) is 0 Å². The van der Waals surface area contributed by atoms with Gasteiger partial charge in [0.25, 0.3) is 0 Å². The number of hydrogen-bond acceptors (Lipinski definition) is 4. The predicted octanol–water partition coefficient (Wildman–Crippen LogP) is 4.43. The number of rotatable bonds is 2. The van der Waals surface area contributed by atoms with E-state index in [1.165, 1.54) is 6.07 Å². The SMILES string of the molecule is FC(F)(F)c1cccc(N2CCC(c3ccc4cccnc4n3)CC2)n1. The molecule has 1 aliphatic rings. The molecule has 0 aromatic carbocycles. The standard InChI is InChI=1S/C19H17F3N4/c20-19(21,22)16-4-1-5-17(25-16)26-11-8-13(9-12-26)15-7-6-14-3-2-10-23-18(14)24-15/h1-7,10,13H,8-9,11-12H2. The number of piperidine rings is 1. The fourth-order valence-electron chi connectivity index (χ4n) is 3.36. The number of halogens is 3. The monoisotopic (exact) mass is 358 g/mol. The van der Waals surface area contributed by atoms with E-state index >= 15 is 0 Å². The normalized spacial score (nSPS) is 16.2. The maximum atomic E-state index is 12.9. The minimum absolute atomic E-state index is 0.281. The number of aromatic nitrogens is 3. The van der Waals surface area contributed by atoms with E-state index in [9.17, 15) is 13.2 Å². The van der Waals surface area contributed by atoms with Crippen molar-refractivity contribution in [3.8, 4) is 0 Å². The summed E-state index contributed by atoms with van der Waals surface area (Å²) in [6.07, 6.45) is -1.05. The van der Waals surface area contributed by atoms with Gasteiger partial charge in [-0.25, -0.2) is 15.0 Å². The molecular formula is C19H17F3N4. The third kappa shape index (κ3) is 3.34. The Bertz CT molecular complexity index is 918. The molecule has 3 aromatic rings. The molecule has 4 rings (SSSR count). The van der Waals surface area contributed by atoms with Crippen LogP contribution in [-0.2, 0) is 6.18 Å². The summed E-state index contributed by atoms with van der Waals surface area (Å²) >= 11 is 0. The first-order chi connectivity index (χ1) is 12.5. The molecule has 1 aliphatic heterocycles. The highest BCUT2D eigenvalue weighted by molar-refractivity contribution is 5.74. The minimum Gasteiger partial charge on any atom is -0.357 e. The van der Waals surface area contributed by atoms with Gasteiger partial charge in [0.15, 0.2) is 5.65 Å². The Labute approximate surface area is 148 Å². The van der Waals surface area contributed by atoms with Crippen molar-refractivity contribution in [1.29, 1.82) is 0 Å². The fourth-order valence-corrected chi connectivity index (χ4v) is 3.36. The molecule has 0 bridgehead atoms. The lowest BCUT2D eigenvalue weighted by molar-refractivity contribution is -0.141. The zero-order valence-electron chi connectivity index (χ0n) is 13.9. The summed E-state index contributed by atoms with van der Waals surface area (Å²) in [7, 11) is 0. The lowest BCUT2D eigenvalue weighted by atomic mass is 9.93. The molecule has 134 valence electrons. The molecule has 4 heterocycles. The predicted molar refractivity (Wildman–Crippen MR) is 93.0 cm³/mol. The highest BCUT2D eigenvalue weighted by atomic mass is 19.4. The Morgan fingerprint density at radius 3 is 2.50 bits per heavy atom. The third-order valence-electron chi connectivity index (χ3n) is 4.75. The lowest BCUT2D eigenvalue weighted by Crippen LogP contribution is -2.34. The van der Waals surface area contributed by atoms with Gasteiger partial charge < -0.3 is 4.90 Å². The van der Waals surface area contributed by atoms with Gasteiger partial charge in [0, 0.05) is 36.3 Å². The molecule has 3 aromatic heterocycles. The van der Waals surface area contributed by atoms with Crippen LogP contribution < -0.4 is 4.90 Å². The number of alkyl halides is 3. The molecule has 0 amide bonds. The van der Waals surface area contributed by atoms with Crippen LogP contribution in [0.4, 0.5) is 19.0 Å². The van der Waals surface area contributed by atoms with Gasteiger partial charge in [0.1, 0.15) is 11.5 Å². The summed E-state index contributed by atoms with van der Waals surface area (Å²) in [4.78, 5) is 14.6. The maximum absolute atomic E-state index is 12.9. The topological polar surface area (TPSA) is 41.9 Å². The molecule has 0 saturated carbocycles. The fraction of sp³-hybridized carbons (Fsp3) is 0.316. The van der Waals surface area contributed by atoms with Crippen LogP contribution in [0.3, 0.4) is 0 Å². The lowest BCUT2D eigenvalue weighted by Gasteiger charge is -2.32. The number of nitrogens with zero attached hydrogens (tertiary/aromatic N) is 4. The van der Waals surface area contributed by atoms with Crippen molar-refractivity contribution in [1.82, 2.24) is 15.0 Å². The van der Waals surface area contributed by atoms with Crippen molar-refractivity contribution >= 4 is 16.9 Å². The molecule has 26 heavy (non-hydrogen) atoms. The van der Waals surface area contributed by atoms with E-state index in [1.807, 2.05) is 29.2 Å². The van der Waals surface area contributed by atoms with E-state index in [0.29, 0.717) is 18.9 Å². The minimum atomic E-state index is -4.42. The average molecular weight is 358 g/mol. The van der Waals surface area contributed by atoms with Crippen LogP contribution in [0.2, 0.25) is 0 Å². The van der Waals surface area contributed by atoms with Gasteiger partial charge in [0.2, 0.25) is 0 Å². The van der Waals surface area contributed by atoms with E-state index in [-0.39, 0.29) is 5.92 Å². The summed E-state index contributed by atoms with van der Waals surface area (Å²) in [5.74, 6) is 0.662. The first-order valence-electron chi connectivity index (χ1n) is 8.51. The second-order valence-electron chi connectivity index (χ2n) is 6.43. The number of anilines is 1. The zero-order valence-corrected chi connectivity index (χ0v) is 13.9. The summed E-state index contributed by atoms with van der Waals surface area (Å²) in [6, 6.07) is 11.9. The van der Waals surface area contributed by atoms with Gasteiger partial charge in [-0.1, -0.05) is 6.07 Å². The molecule has 0 radical (unpaired) electrons. The van der Waals surface area contributed by atoms with Gasteiger partial charge >= 0.3 is 6.18 Å². The second-order valence-corrected chi connectivity index (χ2v) is 6.43. The highest BCUT2D eigenvalue weighted by Gasteiger charge is 2.33. The van der Waals surface area contributed by atoms with Crippen LogP contribution in [0.25, 0.3) is 11.0 Å². The molecule has 4 nitrogen and oxygen atoms in total. The number of fused-ring (bicyclic) bond motifs is 1. The van der Waals surface area contributed by atoms with Crippen molar-refractivity contribution in [2.75, 3.05) is 18.0 Å². The number of hydrogen-bond donors (Lipinski definition) is 0. The summed E-state index contributed by atoms with van der Waals surface area (Å²) in [5, 5.41) is 1.00. The van der Waals surface area contributed by atoms with Crippen molar-refractivity contribution < 1.29 is 13.2 Å². The molecule has 0 atom stereocenters. The highest BCUT2D eigenvalue weighted by Crippen LogP contribution is 2.32. The summed E-state index contributed by atoms with van der Waals surface area (Å²) in [5.41, 5.74) is 0.874. The van der Waals surface area contributed by atoms with E-state index in [4.69, 9.17) is 0 Å². The molecule has 0 N–H and O–H groups in total.